The van der Waals surface area contributed by atoms with Crippen LogP contribution in [0.2, 0.25) is 0 Å². The van der Waals surface area contributed by atoms with E-state index in [0.717, 1.165) is 17.7 Å². The molecule has 3 amide bonds. The van der Waals surface area contributed by atoms with Gasteiger partial charge < -0.3 is 5.32 Å². The lowest BCUT2D eigenvalue weighted by atomic mass is 9.98. The molecule has 21 heavy (non-hydrogen) atoms. The molecule has 1 aliphatic carbocycles. The Balaban J connectivity index is 1.89. The van der Waals surface area contributed by atoms with Gasteiger partial charge in [-0.3, -0.25) is 9.69 Å². The van der Waals surface area contributed by atoms with Crippen LogP contribution in [0.4, 0.5) is 9.18 Å². The van der Waals surface area contributed by atoms with Crippen molar-refractivity contribution in [2.45, 2.75) is 37.8 Å². The zero-order chi connectivity index (χ0) is 15.0. The lowest BCUT2D eigenvalue weighted by Crippen LogP contribution is -2.44. The predicted octanol–water partition coefficient (Wildman–Crippen LogP) is 2.06. The number of halogens is 1. The number of hydrogen-bond donors (Lipinski definition) is 1. The molecule has 1 aromatic rings. The third-order valence-electron chi connectivity index (χ3n) is 4.22. The van der Waals surface area contributed by atoms with E-state index in [2.05, 4.69) is 5.32 Å². The van der Waals surface area contributed by atoms with Gasteiger partial charge in [0.1, 0.15) is 11.4 Å². The van der Waals surface area contributed by atoms with Gasteiger partial charge in [0.25, 0.3) is 5.91 Å². The number of nitrogens with zero attached hydrogens (tertiary/aromatic N) is 2. The summed E-state index contributed by atoms with van der Waals surface area (Å²) in [6.45, 7) is -0.0763. The Bertz CT molecular complexity index is 659. The van der Waals surface area contributed by atoms with Crippen LogP contribution in [0, 0.1) is 17.1 Å². The fourth-order valence-corrected chi connectivity index (χ4v) is 3.11. The van der Waals surface area contributed by atoms with Crippen LogP contribution in [0.25, 0.3) is 0 Å². The molecule has 0 bridgehead atoms. The molecule has 5 nitrogen and oxygen atoms in total. The van der Waals surface area contributed by atoms with E-state index in [9.17, 15) is 14.0 Å². The van der Waals surface area contributed by atoms with Gasteiger partial charge >= 0.3 is 6.03 Å². The fraction of sp³-hybridized carbons (Fsp3) is 0.400. The molecule has 1 heterocycles. The summed E-state index contributed by atoms with van der Waals surface area (Å²) >= 11 is 0. The zero-order valence-corrected chi connectivity index (χ0v) is 11.4. The predicted molar refractivity (Wildman–Crippen MR) is 71.4 cm³/mol. The first-order chi connectivity index (χ1) is 10.1. The van der Waals surface area contributed by atoms with Crippen LogP contribution in [0.5, 0.6) is 0 Å². The van der Waals surface area contributed by atoms with Crippen molar-refractivity contribution in [2.75, 3.05) is 0 Å². The zero-order valence-electron chi connectivity index (χ0n) is 11.4. The molecule has 1 saturated carbocycles. The number of rotatable bonds is 2. The van der Waals surface area contributed by atoms with Gasteiger partial charge in [0.05, 0.1) is 18.2 Å². The van der Waals surface area contributed by atoms with Crippen molar-refractivity contribution >= 4 is 11.9 Å². The molecule has 1 aromatic carbocycles. The van der Waals surface area contributed by atoms with Crippen molar-refractivity contribution in [1.82, 2.24) is 10.2 Å². The summed E-state index contributed by atoms with van der Waals surface area (Å²) in [5.74, 6) is -0.759. The second-order valence-corrected chi connectivity index (χ2v) is 5.52. The molecule has 1 saturated heterocycles. The van der Waals surface area contributed by atoms with Crippen LogP contribution < -0.4 is 5.32 Å². The van der Waals surface area contributed by atoms with Gasteiger partial charge in [-0.25, -0.2) is 9.18 Å². The Morgan fingerprint density at radius 2 is 2.05 bits per heavy atom. The molecule has 0 radical (unpaired) electrons. The Morgan fingerprint density at radius 1 is 1.33 bits per heavy atom. The highest BCUT2D eigenvalue weighted by Crippen LogP contribution is 2.35. The Kier molecular flexibility index (Phi) is 3.13. The smallest absolute Gasteiger partial charge is 0.323 e. The largest absolute Gasteiger partial charge is 0.325 e. The fourth-order valence-electron chi connectivity index (χ4n) is 3.11. The Morgan fingerprint density at radius 3 is 2.71 bits per heavy atom. The Labute approximate surface area is 121 Å². The van der Waals surface area contributed by atoms with Crippen LogP contribution in [0.3, 0.4) is 0 Å². The van der Waals surface area contributed by atoms with E-state index in [1.165, 1.54) is 18.2 Å². The highest BCUT2D eigenvalue weighted by atomic mass is 19.1. The maximum atomic E-state index is 13.3. The lowest BCUT2D eigenvalue weighted by Gasteiger charge is -2.20. The van der Waals surface area contributed by atoms with Gasteiger partial charge in [-0.2, -0.15) is 5.26 Å². The second kappa shape index (κ2) is 4.85. The molecule has 0 unspecified atom stereocenters. The molecule has 2 fully saturated rings. The van der Waals surface area contributed by atoms with Gasteiger partial charge in [0.2, 0.25) is 0 Å². The first kappa shape index (κ1) is 13.6. The van der Waals surface area contributed by atoms with Crippen LogP contribution in [0.15, 0.2) is 18.2 Å². The molecule has 3 rings (SSSR count). The number of carbonyl (C=O) groups is 2. The summed E-state index contributed by atoms with van der Waals surface area (Å²) in [5, 5.41) is 11.8. The van der Waals surface area contributed by atoms with Crippen molar-refractivity contribution in [3.05, 3.63) is 35.1 Å². The van der Waals surface area contributed by atoms with Gasteiger partial charge in [0, 0.05) is 0 Å². The third kappa shape index (κ3) is 2.15. The van der Waals surface area contributed by atoms with Crippen molar-refractivity contribution in [2.24, 2.45) is 0 Å². The molecule has 0 aromatic heterocycles. The number of nitrogens with one attached hydrogen (secondary N) is 1. The number of nitriles is 1. The second-order valence-electron chi connectivity index (χ2n) is 5.52. The SMILES string of the molecule is N#Cc1ccc(F)cc1CN1C(=O)NC2(CCCC2)C1=O. The summed E-state index contributed by atoms with van der Waals surface area (Å²) in [4.78, 5) is 25.6. The number of urea groups is 1. The first-order valence-electron chi connectivity index (χ1n) is 6.88. The van der Waals surface area contributed by atoms with Gasteiger partial charge in [-0.05, 0) is 36.6 Å². The summed E-state index contributed by atoms with van der Waals surface area (Å²) in [7, 11) is 0. The summed E-state index contributed by atoms with van der Waals surface area (Å²) in [5.41, 5.74) is -0.169. The maximum Gasteiger partial charge on any atom is 0.325 e. The number of benzene rings is 1. The van der Waals surface area contributed by atoms with E-state index in [-0.39, 0.29) is 18.0 Å². The van der Waals surface area contributed by atoms with Crippen molar-refractivity contribution < 1.29 is 14.0 Å². The standard InChI is InChI=1S/C15H14FN3O2/c16-12-4-3-10(8-17)11(7-12)9-19-13(20)15(18-14(19)21)5-1-2-6-15/h3-4,7H,1-2,5-6,9H2,(H,18,21). The molecule has 108 valence electrons. The summed E-state index contributed by atoms with van der Waals surface area (Å²) in [6.07, 6.45) is 3.09. The molecule has 6 heteroatoms. The number of amides is 3. The number of carbonyl (C=O) groups excluding carboxylic acids is 2. The van der Waals surface area contributed by atoms with Crippen LogP contribution in [-0.4, -0.2) is 22.4 Å². The van der Waals surface area contributed by atoms with Crippen molar-refractivity contribution in [3.8, 4) is 6.07 Å². The minimum atomic E-state index is -0.781. The average molecular weight is 287 g/mol. The van der Waals surface area contributed by atoms with E-state index in [0.29, 0.717) is 18.4 Å². The molecule has 1 aliphatic heterocycles. The van der Waals surface area contributed by atoms with E-state index in [4.69, 9.17) is 5.26 Å². The van der Waals surface area contributed by atoms with Gasteiger partial charge in [-0.15, -0.1) is 0 Å². The number of imide groups is 1. The molecular weight excluding hydrogens is 273 g/mol. The summed E-state index contributed by atoms with van der Waals surface area (Å²) in [6, 6.07) is 5.22. The Hall–Kier alpha value is -2.42. The van der Waals surface area contributed by atoms with Crippen LogP contribution in [-0.2, 0) is 11.3 Å². The molecule has 1 N–H and O–H groups in total. The topological polar surface area (TPSA) is 73.2 Å². The molecule has 0 atom stereocenters. The van der Waals surface area contributed by atoms with Crippen LogP contribution in [0.1, 0.15) is 36.8 Å². The minimum Gasteiger partial charge on any atom is -0.323 e. The van der Waals surface area contributed by atoms with Crippen LogP contribution >= 0.6 is 0 Å². The van der Waals surface area contributed by atoms with E-state index in [1.807, 2.05) is 6.07 Å². The molecular formula is C15H14FN3O2. The minimum absolute atomic E-state index is 0.0763. The number of hydrogen-bond acceptors (Lipinski definition) is 3. The average Bonchev–Trinajstić information content (AvgIpc) is 3.01. The first-order valence-corrected chi connectivity index (χ1v) is 6.88. The molecule has 2 aliphatic rings. The monoisotopic (exact) mass is 287 g/mol. The highest BCUT2D eigenvalue weighted by molar-refractivity contribution is 6.07. The van der Waals surface area contributed by atoms with E-state index < -0.39 is 17.4 Å². The quantitative estimate of drug-likeness (QED) is 0.846. The summed E-state index contributed by atoms with van der Waals surface area (Å²) < 4.78 is 13.3. The highest BCUT2D eigenvalue weighted by Gasteiger charge is 2.52. The molecule has 1 spiro atoms. The van der Waals surface area contributed by atoms with E-state index >= 15 is 0 Å². The third-order valence-corrected chi connectivity index (χ3v) is 4.22. The van der Waals surface area contributed by atoms with E-state index in [1.54, 1.807) is 0 Å². The van der Waals surface area contributed by atoms with Gasteiger partial charge in [0.15, 0.2) is 0 Å². The normalized spacial score (nSPS) is 19.9. The van der Waals surface area contributed by atoms with Crippen molar-refractivity contribution in [1.29, 1.82) is 5.26 Å². The van der Waals surface area contributed by atoms with Gasteiger partial charge in [-0.1, -0.05) is 12.8 Å². The van der Waals surface area contributed by atoms with Crippen molar-refractivity contribution in [3.63, 3.8) is 0 Å². The maximum absolute atomic E-state index is 13.3. The lowest BCUT2D eigenvalue weighted by molar-refractivity contribution is -0.131.